The molecule has 2 aromatic rings. The van der Waals surface area contributed by atoms with Crippen LogP contribution in [0.5, 0.6) is 17.2 Å². The van der Waals surface area contributed by atoms with E-state index in [9.17, 15) is 14.4 Å². The molecule has 3 amide bonds. The van der Waals surface area contributed by atoms with Gasteiger partial charge in [-0.25, -0.2) is 0 Å². The molecule has 1 heterocycles. The molecule has 0 aromatic heterocycles. The van der Waals surface area contributed by atoms with Gasteiger partial charge in [0.05, 0.1) is 13.7 Å². The van der Waals surface area contributed by atoms with Crippen molar-refractivity contribution < 1.29 is 28.6 Å². The van der Waals surface area contributed by atoms with Crippen molar-refractivity contribution in [1.82, 2.24) is 10.2 Å². The van der Waals surface area contributed by atoms with Crippen LogP contribution >= 0.6 is 0 Å². The minimum absolute atomic E-state index is 0.147. The van der Waals surface area contributed by atoms with Crippen LogP contribution in [0.3, 0.4) is 0 Å². The van der Waals surface area contributed by atoms with Crippen LogP contribution in [0.15, 0.2) is 48.5 Å². The summed E-state index contributed by atoms with van der Waals surface area (Å²) in [7, 11) is 1.58. The number of amides is 3. The summed E-state index contributed by atoms with van der Waals surface area (Å²) in [6.45, 7) is 4.46. The molecule has 1 unspecified atom stereocenters. The fraction of sp³-hybridized carbons (Fsp3) is 0.320. The lowest BCUT2D eigenvalue weighted by Crippen LogP contribution is -2.48. The first kappa shape index (κ1) is 24.6. The van der Waals surface area contributed by atoms with Crippen LogP contribution < -0.4 is 24.8 Å². The van der Waals surface area contributed by atoms with E-state index < -0.39 is 11.9 Å². The first-order valence-corrected chi connectivity index (χ1v) is 11.0. The van der Waals surface area contributed by atoms with Crippen LogP contribution in [0.4, 0.5) is 5.69 Å². The number of rotatable bonds is 9. The second kappa shape index (κ2) is 11.7. The third kappa shape index (κ3) is 6.74. The van der Waals surface area contributed by atoms with Crippen molar-refractivity contribution in [3.8, 4) is 17.2 Å². The van der Waals surface area contributed by atoms with Crippen LogP contribution in [-0.2, 0) is 14.4 Å². The Labute approximate surface area is 198 Å². The van der Waals surface area contributed by atoms with Crippen molar-refractivity contribution in [1.29, 1.82) is 0 Å². The molecule has 0 fully saturated rings. The van der Waals surface area contributed by atoms with Crippen molar-refractivity contribution >= 4 is 29.5 Å². The van der Waals surface area contributed by atoms with Crippen LogP contribution in [0.25, 0.3) is 6.08 Å². The first-order valence-electron chi connectivity index (χ1n) is 11.0. The predicted molar refractivity (Wildman–Crippen MR) is 128 cm³/mol. The SMILES string of the molecule is CCN(CC(=O)Nc1ccc2c(c1)OCCO2)C(=O)C(C)NC(=O)/C=C/c1ccc(OC)cc1. The van der Waals surface area contributed by atoms with Gasteiger partial charge in [-0.2, -0.15) is 0 Å². The summed E-state index contributed by atoms with van der Waals surface area (Å²) in [6.07, 6.45) is 3.00. The number of ether oxygens (including phenoxy) is 3. The van der Waals surface area contributed by atoms with Gasteiger partial charge in [0.2, 0.25) is 17.7 Å². The smallest absolute Gasteiger partial charge is 0.245 e. The van der Waals surface area contributed by atoms with E-state index in [2.05, 4.69) is 10.6 Å². The number of methoxy groups -OCH3 is 1. The number of nitrogens with zero attached hydrogens (tertiary/aromatic N) is 1. The highest BCUT2D eigenvalue weighted by atomic mass is 16.6. The Hall–Kier alpha value is -4.01. The third-order valence-corrected chi connectivity index (χ3v) is 5.13. The number of likely N-dealkylation sites (N-methyl/N-ethyl adjacent to an activating group) is 1. The quantitative estimate of drug-likeness (QED) is 0.549. The highest BCUT2D eigenvalue weighted by molar-refractivity contribution is 5.98. The molecule has 2 aromatic carbocycles. The molecule has 1 aliphatic heterocycles. The Morgan fingerprint density at radius 2 is 1.79 bits per heavy atom. The molecule has 1 atom stereocenters. The van der Waals surface area contributed by atoms with Gasteiger partial charge in [0.1, 0.15) is 25.0 Å². The molecule has 0 bridgehead atoms. The van der Waals surface area contributed by atoms with Crippen molar-refractivity contribution in [3.05, 3.63) is 54.1 Å². The zero-order chi connectivity index (χ0) is 24.5. The molecule has 0 radical (unpaired) electrons. The van der Waals surface area contributed by atoms with E-state index in [0.717, 1.165) is 11.3 Å². The summed E-state index contributed by atoms with van der Waals surface area (Å²) in [5, 5.41) is 5.40. The summed E-state index contributed by atoms with van der Waals surface area (Å²) in [5.74, 6) is 0.787. The van der Waals surface area contributed by atoms with Crippen molar-refractivity contribution in [2.75, 3.05) is 38.7 Å². The average molecular weight is 468 g/mol. The fourth-order valence-electron chi connectivity index (χ4n) is 3.32. The Bertz CT molecular complexity index is 1050. The normalized spacial score (nSPS) is 13.1. The Balaban J connectivity index is 1.51. The number of carbonyl (C=O) groups is 3. The van der Waals surface area contributed by atoms with Gasteiger partial charge in [-0.1, -0.05) is 12.1 Å². The van der Waals surface area contributed by atoms with Crippen molar-refractivity contribution in [2.24, 2.45) is 0 Å². The lowest BCUT2D eigenvalue weighted by molar-refractivity contribution is -0.137. The van der Waals surface area contributed by atoms with Crippen LogP contribution in [-0.4, -0.2) is 62.1 Å². The largest absolute Gasteiger partial charge is 0.497 e. The van der Waals surface area contributed by atoms with Gasteiger partial charge < -0.3 is 29.7 Å². The van der Waals surface area contributed by atoms with Gasteiger partial charge in [0, 0.05) is 24.4 Å². The highest BCUT2D eigenvalue weighted by Gasteiger charge is 2.23. The first-order chi connectivity index (χ1) is 16.4. The molecular formula is C25H29N3O6. The van der Waals surface area contributed by atoms with Crippen molar-refractivity contribution in [3.63, 3.8) is 0 Å². The summed E-state index contributed by atoms with van der Waals surface area (Å²) in [4.78, 5) is 38.9. The Morgan fingerprint density at radius 3 is 2.47 bits per heavy atom. The molecular weight excluding hydrogens is 438 g/mol. The van der Waals surface area contributed by atoms with E-state index in [4.69, 9.17) is 14.2 Å². The lowest BCUT2D eigenvalue weighted by Gasteiger charge is -2.24. The number of benzene rings is 2. The molecule has 3 rings (SSSR count). The van der Waals surface area contributed by atoms with Gasteiger partial charge in [0.25, 0.3) is 0 Å². The number of carbonyl (C=O) groups excluding carboxylic acids is 3. The van der Waals surface area contributed by atoms with E-state index in [-0.39, 0.29) is 18.4 Å². The van der Waals surface area contributed by atoms with Crippen LogP contribution in [0.2, 0.25) is 0 Å². The maximum absolute atomic E-state index is 12.8. The second-order valence-corrected chi connectivity index (χ2v) is 7.60. The third-order valence-electron chi connectivity index (χ3n) is 5.13. The molecule has 0 saturated heterocycles. The van der Waals surface area contributed by atoms with E-state index in [0.29, 0.717) is 36.9 Å². The number of fused-ring (bicyclic) bond motifs is 1. The van der Waals surface area contributed by atoms with E-state index in [1.807, 2.05) is 12.1 Å². The highest BCUT2D eigenvalue weighted by Crippen LogP contribution is 2.32. The van der Waals surface area contributed by atoms with E-state index in [1.54, 1.807) is 57.4 Å². The van der Waals surface area contributed by atoms with Gasteiger partial charge in [-0.05, 0) is 49.8 Å². The summed E-state index contributed by atoms with van der Waals surface area (Å²) >= 11 is 0. The maximum atomic E-state index is 12.8. The lowest BCUT2D eigenvalue weighted by atomic mass is 10.2. The predicted octanol–water partition coefficient (Wildman–Crippen LogP) is 2.47. The number of hydrogen-bond donors (Lipinski definition) is 2. The average Bonchev–Trinajstić information content (AvgIpc) is 2.85. The van der Waals surface area contributed by atoms with Gasteiger partial charge >= 0.3 is 0 Å². The molecule has 9 nitrogen and oxygen atoms in total. The van der Waals surface area contributed by atoms with E-state index >= 15 is 0 Å². The zero-order valence-corrected chi connectivity index (χ0v) is 19.5. The Morgan fingerprint density at radius 1 is 1.09 bits per heavy atom. The number of anilines is 1. The van der Waals surface area contributed by atoms with E-state index in [1.165, 1.54) is 11.0 Å². The summed E-state index contributed by atoms with van der Waals surface area (Å²) in [5.41, 5.74) is 1.36. The van der Waals surface area contributed by atoms with Gasteiger partial charge in [-0.3, -0.25) is 14.4 Å². The van der Waals surface area contributed by atoms with Gasteiger partial charge in [-0.15, -0.1) is 0 Å². The summed E-state index contributed by atoms with van der Waals surface area (Å²) < 4.78 is 16.1. The topological polar surface area (TPSA) is 106 Å². The molecule has 1 aliphatic rings. The number of hydrogen-bond acceptors (Lipinski definition) is 6. The van der Waals surface area contributed by atoms with Crippen LogP contribution in [0, 0.1) is 0 Å². The minimum atomic E-state index is -0.796. The maximum Gasteiger partial charge on any atom is 0.245 e. The standard InChI is InChI=1S/C25H29N3O6/c1-4-28(16-24(30)27-19-8-11-21-22(15-19)34-14-13-33-21)25(31)17(2)26-23(29)12-7-18-5-9-20(32-3)10-6-18/h5-12,15,17H,4,13-14,16H2,1-3H3,(H,26,29)(H,27,30)/b12-7+. The molecule has 180 valence electrons. The summed E-state index contributed by atoms with van der Waals surface area (Å²) in [6, 6.07) is 11.5. The van der Waals surface area contributed by atoms with Crippen LogP contribution in [0.1, 0.15) is 19.4 Å². The van der Waals surface area contributed by atoms with Gasteiger partial charge in [0.15, 0.2) is 11.5 Å². The molecule has 0 saturated carbocycles. The molecule has 2 N–H and O–H groups in total. The van der Waals surface area contributed by atoms with Crippen molar-refractivity contribution in [2.45, 2.75) is 19.9 Å². The fourth-order valence-corrected chi connectivity index (χ4v) is 3.32. The molecule has 0 spiro atoms. The molecule has 34 heavy (non-hydrogen) atoms. The Kier molecular flexibility index (Phi) is 8.50. The number of nitrogens with one attached hydrogen (secondary N) is 2. The molecule has 9 heteroatoms. The molecule has 0 aliphatic carbocycles. The second-order valence-electron chi connectivity index (χ2n) is 7.60. The minimum Gasteiger partial charge on any atom is -0.497 e. The monoisotopic (exact) mass is 467 g/mol. The zero-order valence-electron chi connectivity index (χ0n) is 19.5.